The first-order valence-electron chi connectivity index (χ1n) is 9.94. The predicted octanol–water partition coefficient (Wildman–Crippen LogP) is 3.82. The highest BCUT2D eigenvalue weighted by molar-refractivity contribution is 5.83. The van der Waals surface area contributed by atoms with Gasteiger partial charge in [-0.05, 0) is 34.4 Å². The molecule has 1 fully saturated rings. The number of aromatic hydroxyl groups is 2. The first-order valence-corrected chi connectivity index (χ1v) is 9.94. The Bertz CT molecular complexity index is 1030. The lowest BCUT2D eigenvalue weighted by Gasteiger charge is -2.37. The molecule has 3 aromatic rings. The van der Waals surface area contributed by atoms with Crippen LogP contribution in [0.15, 0.2) is 71.8 Å². The number of phenolic OH excluding ortho intramolecular Hbond substituents is 2. The van der Waals surface area contributed by atoms with E-state index in [1.54, 1.807) is 18.3 Å². The van der Waals surface area contributed by atoms with Crippen molar-refractivity contribution in [1.29, 1.82) is 0 Å². The highest BCUT2D eigenvalue weighted by Gasteiger charge is 2.33. The summed E-state index contributed by atoms with van der Waals surface area (Å²) in [6.07, 6.45) is 1.66. The molecule has 5 nitrogen and oxygen atoms in total. The van der Waals surface area contributed by atoms with Gasteiger partial charge in [0.1, 0.15) is 11.5 Å². The fourth-order valence-electron chi connectivity index (χ4n) is 4.39. The number of hydrogen-bond donors (Lipinski definition) is 2. The predicted molar refractivity (Wildman–Crippen MR) is 114 cm³/mol. The first kappa shape index (κ1) is 17.8. The van der Waals surface area contributed by atoms with Crippen molar-refractivity contribution < 1.29 is 10.2 Å². The Balaban J connectivity index is 1.32. The van der Waals surface area contributed by atoms with E-state index in [2.05, 4.69) is 58.5 Å². The van der Waals surface area contributed by atoms with Crippen molar-refractivity contribution >= 4 is 6.21 Å². The third kappa shape index (κ3) is 3.23. The molecule has 5 rings (SSSR count). The summed E-state index contributed by atoms with van der Waals surface area (Å²) < 4.78 is 0. The van der Waals surface area contributed by atoms with Crippen LogP contribution in [0.1, 0.15) is 22.7 Å². The maximum atomic E-state index is 9.91. The molecule has 0 atom stereocenters. The molecule has 0 saturated carbocycles. The number of hydrazone groups is 1. The summed E-state index contributed by atoms with van der Waals surface area (Å²) in [7, 11) is 0. The lowest BCUT2D eigenvalue weighted by Crippen LogP contribution is -2.45. The molecular weight excluding hydrogens is 362 g/mol. The van der Waals surface area contributed by atoms with E-state index in [4.69, 9.17) is 0 Å². The Morgan fingerprint density at radius 1 is 0.793 bits per heavy atom. The zero-order chi connectivity index (χ0) is 19.8. The minimum absolute atomic E-state index is 0.0338. The molecule has 0 spiro atoms. The number of rotatable bonds is 3. The van der Waals surface area contributed by atoms with Gasteiger partial charge < -0.3 is 10.2 Å². The van der Waals surface area contributed by atoms with Crippen LogP contribution in [0.3, 0.4) is 0 Å². The Labute approximate surface area is 170 Å². The molecule has 5 heteroatoms. The maximum Gasteiger partial charge on any atom is 0.128 e. The van der Waals surface area contributed by atoms with Gasteiger partial charge in [0.25, 0.3) is 0 Å². The minimum atomic E-state index is 0.0338. The summed E-state index contributed by atoms with van der Waals surface area (Å²) in [4.78, 5) is 2.54. The Morgan fingerprint density at radius 3 is 2.03 bits per heavy atom. The van der Waals surface area contributed by atoms with Crippen molar-refractivity contribution in [3.05, 3.63) is 83.4 Å². The molecule has 1 saturated heterocycles. The van der Waals surface area contributed by atoms with E-state index < -0.39 is 0 Å². The van der Waals surface area contributed by atoms with Gasteiger partial charge >= 0.3 is 0 Å². The molecule has 0 bridgehead atoms. The van der Waals surface area contributed by atoms with Gasteiger partial charge in [0.15, 0.2) is 0 Å². The lowest BCUT2D eigenvalue weighted by atomic mass is 10.0. The molecule has 0 aromatic heterocycles. The second-order valence-electron chi connectivity index (χ2n) is 7.55. The molecular formula is C24H23N3O2. The van der Waals surface area contributed by atoms with Crippen molar-refractivity contribution in [2.24, 2.45) is 5.10 Å². The number of piperazine rings is 1. The van der Waals surface area contributed by atoms with E-state index in [1.165, 1.54) is 28.3 Å². The van der Waals surface area contributed by atoms with E-state index in [9.17, 15) is 10.2 Å². The van der Waals surface area contributed by atoms with Crippen LogP contribution in [-0.4, -0.2) is 52.5 Å². The zero-order valence-corrected chi connectivity index (χ0v) is 16.1. The number of hydrogen-bond acceptors (Lipinski definition) is 5. The molecule has 2 N–H and O–H groups in total. The van der Waals surface area contributed by atoms with Gasteiger partial charge in [-0.3, -0.25) is 9.91 Å². The lowest BCUT2D eigenvalue weighted by molar-refractivity contribution is 0.114. The van der Waals surface area contributed by atoms with Crippen LogP contribution in [0.25, 0.3) is 11.1 Å². The second-order valence-corrected chi connectivity index (χ2v) is 7.55. The van der Waals surface area contributed by atoms with Crippen molar-refractivity contribution in [3.63, 3.8) is 0 Å². The van der Waals surface area contributed by atoms with Crippen LogP contribution in [0.5, 0.6) is 11.5 Å². The Hall–Kier alpha value is -3.31. The zero-order valence-electron chi connectivity index (χ0n) is 16.1. The monoisotopic (exact) mass is 385 g/mol. The average molecular weight is 385 g/mol. The highest BCUT2D eigenvalue weighted by Crippen LogP contribution is 2.46. The molecule has 29 heavy (non-hydrogen) atoms. The van der Waals surface area contributed by atoms with Crippen LogP contribution < -0.4 is 0 Å². The summed E-state index contributed by atoms with van der Waals surface area (Å²) in [5.74, 6) is 0.0805. The molecule has 1 aliphatic heterocycles. The number of nitrogens with zero attached hydrogens (tertiary/aromatic N) is 3. The molecule has 0 radical (unpaired) electrons. The van der Waals surface area contributed by atoms with Crippen molar-refractivity contribution in [2.45, 2.75) is 6.04 Å². The molecule has 0 amide bonds. The summed E-state index contributed by atoms with van der Waals surface area (Å²) in [6.45, 7) is 3.50. The SMILES string of the molecule is Oc1ccc(/C=N\N2CCN(C3c4ccccc4-c4ccccc43)CC2)c(O)c1. The molecule has 2 aliphatic rings. The second kappa shape index (κ2) is 7.26. The molecule has 146 valence electrons. The van der Waals surface area contributed by atoms with Gasteiger partial charge in [-0.15, -0.1) is 0 Å². The third-order valence-electron chi connectivity index (χ3n) is 5.83. The van der Waals surface area contributed by atoms with Crippen molar-refractivity contribution in [2.75, 3.05) is 26.2 Å². The van der Waals surface area contributed by atoms with Gasteiger partial charge in [-0.25, -0.2) is 0 Å². The van der Waals surface area contributed by atoms with E-state index in [-0.39, 0.29) is 11.5 Å². The van der Waals surface area contributed by atoms with Gasteiger partial charge in [0, 0.05) is 37.8 Å². The van der Waals surface area contributed by atoms with Gasteiger partial charge in [-0.2, -0.15) is 5.10 Å². The fourth-order valence-corrected chi connectivity index (χ4v) is 4.39. The summed E-state index contributed by atoms with van der Waals surface area (Å²) in [6, 6.07) is 22.3. The third-order valence-corrected chi connectivity index (χ3v) is 5.83. The molecule has 0 unspecified atom stereocenters. The fraction of sp³-hybridized carbons (Fsp3) is 0.208. The number of fused-ring (bicyclic) bond motifs is 3. The van der Waals surface area contributed by atoms with Gasteiger partial charge in [-0.1, -0.05) is 48.5 Å². The van der Waals surface area contributed by atoms with Gasteiger partial charge in [0.2, 0.25) is 0 Å². The topological polar surface area (TPSA) is 59.3 Å². The summed E-state index contributed by atoms with van der Waals surface area (Å²) >= 11 is 0. The van der Waals surface area contributed by atoms with Crippen LogP contribution in [-0.2, 0) is 0 Å². The first-order chi connectivity index (χ1) is 14.2. The van der Waals surface area contributed by atoms with E-state index in [0.717, 1.165) is 26.2 Å². The van der Waals surface area contributed by atoms with Crippen LogP contribution >= 0.6 is 0 Å². The van der Waals surface area contributed by atoms with Crippen molar-refractivity contribution in [3.8, 4) is 22.6 Å². The summed E-state index contributed by atoms with van der Waals surface area (Å²) in [5.41, 5.74) is 6.07. The minimum Gasteiger partial charge on any atom is -0.508 e. The Kier molecular flexibility index (Phi) is 4.45. The molecule has 1 aliphatic carbocycles. The standard InChI is InChI=1S/C24H23N3O2/c28-18-10-9-17(23(29)15-18)16-25-27-13-11-26(12-14-27)24-21-7-3-1-5-19(21)20-6-2-4-8-22(20)24/h1-10,15-16,24,28-29H,11-14H2/b25-16-. The van der Waals surface area contributed by atoms with Crippen LogP contribution in [0, 0.1) is 0 Å². The normalized spacial score (nSPS) is 16.9. The van der Waals surface area contributed by atoms with E-state index in [1.807, 2.05) is 5.01 Å². The van der Waals surface area contributed by atoms with E-state index >= 15 is 0 Å². The number of phenols is 2. The average Bonchev–Trinajstić information content (AvgIpc) is 3.08. The molecule has 1 heterocycles. The molecule has 3 aromatic carbocycles. The van der Waals surface area contributed by atoms with Crippen LogP contribution in [0.4, 0.5) is 0 Å². The van der Waals surface area contributed by atoms with Crippen molar-refractivity contribution in [1.82, 2.24) is 9.91 Å². The van der Waals surface area contributed by atoms with Crippen LogP contribution in [0.2, 0.25) is 0 Å². The Morgan fingerprint density at radius 2 is 1.41 bits per heavy atom. The largest absolute Gasteiger partial charge is 0.508 e. The maximum absolute atomic E-state index is 9.91. The summed E-state index contributed by atoms with van der Waals surface area (Å²) in [5, 5.41) is 25.9. The highest BCUT2D eigenvalue weighted by atomic mass is 16.3. The quantitative estimate of drug-likeness (QED) is 0.673. The van der Waals surface area contributed by atoms with Gasteiger partial charge in [0.05, 0.1) is 12.3 Å². The number of benzene rings is 3. The van der Waals surface area contributed by atoms with E-state index in [0.29, 0.717) is 11.6 Å². The smallest absolute Gasteiger partial charge is 0.128 e.